The van der Waals surface area contributed by atoms with Gasteiger partial charge >= 0.3 is 11.9 Å². The standard InChI is InChI=1S/C17H22O6/c1-10-5-7-14(8-6-10)23-16-9-15(21-12(3)18)17(11(2)20-16)22-13(4)19/h5-8,11,15-17H,9H2,1-4H3/t11?,15-,16+,17?/m1/s1. The fourth-order valence-electron chi connectivity index (χ4n) is 2.53. The zero-order valence-electron chi connectivity index (χ0n) is 13.8. The molecule has 0 amide bonds. The molecule has 0 bridgehead atoms. The van der Waals surface area contributed by atoms with Crippen molar-refractivity contribution in [1.82, 2.24) is 0 Å². The zero-order chi connectivity index (χ0) is 17.0. The summed E-state index contributed by atoms with van der Waals surface area (Å²) in [7, 11) is 0. The second-order valence-corrected chi connectivity index (χ2v) is 5.66. The summed E-state index contributed by atoms with van der Waals surface area (Å²) in [5.74, 6) is -0.212. The van der Waals surface area contributed by atoms with E-state index in [-0.39, 0.29) is 6.42 Å². The Hall–Kier alpha value is -2.08. The monoisotopic (exact) mass is 322 g/mol. The van der Waals surface area contributed by atoms with Crippen molar-refractivity contribution in [2.24, 2.45) is 0 Å². The van der Waals surface area contributed by atoms with Gasteiger partial charge in [0.2, 0.25) is 6.29 Å². The molecule has 1 aliphatic rings. The molecule has 2 unspecified atom stereocenters. The predicted molar refractivity (Wildman–Crippen MR) is 81.9 cm³/mol. The van der Waals surface area contributed by atoms with E-state index in [9.17, 15) is 9.59 Å². The van der Waals surface area contributed by atoms with Gasteiger partial charge in [-0.2, -0.15) is 0 Å². The van der Waals surface area contributed by atoms with Gasteiger partial charge in [-0.05, 0) is 26.0 Å². The van der Waals surface area contributed by atoms with Crippen molar-refractivity contribution in [3.8, 4) is 5.75 Å². The van der Waals surface area contributed by atoms with Gasteiger partial charge in [-0.15, -0.1) is 0 Å². The number of hydrogen-bond acceptors (Lipinski definition) is 6. The molecule has 1 aliphatic heterocycles. The smallest absolute Gasteiger partial charge is 0.303 e. The largest absolute Gasteiger partial charge is 0.465 e. The van der Waals surface area contributed by atoms with Crippen LogP contribution in [0, 0.1) is 6.92 Å². The van der Waals surface area contributed by atoms with Crippen LogP contribution in [0.4, 0.5) is 0 Å². The summed E-state index contributed by atoms with van der Waals surface area (Å²) in [5, 5.41) is 0. The Morgan fingerprint density at radius 2 is 1.70 bits per heavy atom. The molecular weight excluding hydrogens is 300 g/mol. The molecule has 23 heavy (non-hydrogen) atoms. The zero-order valence-corrected chi connectivity index (χ0v) is 13.8. The Labute approximate surface area is 135 Å². The topological polar surface area (TPSA) is 71.1 Å². The van der Waals surface area contributed by atoms with Crippen LogP contribution in [0.5, 0.6) is 5.75 Å². The fraction of sp³-hybridized carbons (Fsp3) is 0.529. The second kappa shape index (κ2) is 7.46. The number of aryl methyl sites for hydroxylation is 1. The highest BCUT2D eigenvalue weighted by Gasteiger charge is 2.41. The number of esters is 2. The first kappa shape index (κ1) is 17.3. The van der Waals surface area contributed by atoms with E-state index in [1.165, 1.54) is 13.8 Å². The number of hydrogen-bond donors (Lipinski definition) is 0. The second-order valence-electron chi connectivity index (χ2n) is 5.66. The molecule has 1 fully saturated rings. The third-order valence-electron chi connectivity index (χ3n) is 3.53. The van der Waals surface area contributed by atoms with Gasteiger partial charge < -0.3 is 18.9 Å². The van der Waals surface area contributed by atoms with Gasteiger partial charge in [0.25, 0.3) is 0 Å². The molecule has 1 aromatic rings. The number of carbonyl (C=O) groups is 2. The first-order chi connectivity index (χ1) is 10.8. The molecule has 1 heterocycles. The maximum Gasteiger partial charge on any atom is 0.303 e. The van der Waals surface area contributed by atoms with Crippen LogP contribution in [-0.4, -0.2) is 36.5 Å². The molecule has 0 radical (unpaired) electrons. The lowest BCUT2D eigenvalue weighted by molar-refractivity contribution is -0.233. The third-order valence-corrected chi connectivity index (χ3v) is 3.53. The minimum Gasteiger partial charge on any atom is -0.465 e. The van der Waals surface area contributed by atoms with Crippen molar-refractivity contribution >= 4 is 11.9 Å². The summed E-state index contributed by atoms with van der Waals surface area (Å²) in [4.78, 5) is 22.6. The van der Waals surface area contributed by atoms with Crippen LogP contribution >= 0.6 is 0 Å². The van der Waals surface area contributed by atoms with Crippen LogP contribution in [0.25, 0.3) is 0 Å². The summed E-state index contributed by atoms with van der Waals surface area (Å²) in [5.41, 5.74) is 1.13. The van der Waals surface area contributed by atoms with E-state index in [1.807, 2.05) is 31.2 Å². The molecule has 4 atom stereocenters. The Kier molecular flexibility index (Phi) is 5.60. The number of ether oxygens (including phenoxy) is 4. The van der Waals surface area contributed by atoms with Crippen molar-refractivity contribution in [2.45, 2.75) is 58.7 Å². The van der Waals surface area contributed by atoms with E-state index in [0.29, 0.717) is 5.75 Å². The van der Waals surface area contributed by atoms with Crippen molar-refractivity contribution in [3.05, 3.63) is 29.8 Å². The van der Waals surface area contributed by atoms with Gasteiger partial charge in [-0.25, -0.2) is 0 Å². The van der Waals surface area contributed by atoms with Gasteiger partial charge in [0.1, 0.15) is 11.9 Å². The van der Waals surface area contributed by atoms with E-state index in [2.05, 4.69) is 0 Å². The Morgan fingerprint density at radius 1 is 1.09 bits per heavy atom. The molecule has 0 aliphatic carbocycles. The highest BCUT2D eigenvalue weighted by molar-refractivity contribution is 5.67. The van der Waals surface area contributed by atoms with E-state index in [4.69, 9.17) is 18.9 Å². The first-order valence-electron chi connectivity index (χ1n) is 7.58. The average Bonchev–Trinajstić information content (AvgIpc) is 2.44. The molecule has 6 nitrogen and oxygen atoms in total. The summed E-state index contributed by atoms with van der Waals surface area (Å²) >= 11 is 0. The first-order valence-corrected chi connectivity index (χ1v) is 7.58. The van der Waals surface area contributed by atoms with Crippen molar-refractivity contribution < 1.29 is 28.5 Å². The van der Waals surface area contributed by atoms with Gasteiger partial charge in [-0.3, -0.25) is 9.59 Å². The Morgan fingerprint density at radius 3 is 2.26 bits per heavy atom. The maximum atomic E-state index is 11.3. The maximum absolute atomic E-state index is 11.3. The summed E-state index contributed by atoms with van der Waals surface area (Å²) in [6.45, 7) is 6.38. The molecule has 1 aromatic carbocycles. The molecule has 0 spiro atoms. The predicted octanol–water partition coefficient (Wildman–Crippen LogP) is 2.37. The molecule has 2 rings (SSSR count). The summed E-state index contributed by atoms with van der Waals surface area (Å²) in [6.07, 6.45) is -1.99. The lowest BCUT2D eigenvalue weighted by Crippen LogP contribution is -2.52. The lowest BCUT2D eigenvalue weighted by atomic mass is 10.0. The number of carbonyl (C=O) groups excluding carboxylic acids is 2. The highest BCUT2D eigenvalue weighted by atomic mass is 16.7. The molecule has 0 aromatic heterocycles. The van der Waals surface area contributed by atoms with E-state index in [1.54, 1.807) is 6.92 Å². The summed E-state index contributed by atoms with van der Waals surface area (Å²) in [6, 6.07) is 7.57. The fourth-order valence-corrected chi connectivity index (χ4v) is 2.53. The van der Waals surface area contributed by atoms with Crippen molar-refractivity contribution in [2.75, 3.05) is 0 Å². The molecule has 0 N–H and O–H groups in total. The minimum atomic E-state index is -0.644. The summed E-state index contributed by atoms with van der Waals surface area (Å²) < 4.78 is 22.1. The van der Waals surface area contributed by atoms with Crippen LogP contribution in [0.3, 0.4) is 0 Å². The van der Waals surface area contributed by atoms with E-state index >= 15 is 0 Å². The van der Waals surface area contributed by atoms with Crippen LogP contribution in [0.1, 0.15) is 32.8 Å². The number of rotatable bonds is 4. The van der Waals surface area contributed by atoms with Gasteiger partial charge in [0.05, 0.1) is 12.5 Å². The Bertz CT molecular complexity index is 553. The SMILES string of the molecule is CC(=O)OC1C(C)O[C@@H](Oc2ccc(C)cc2)C[C@H]1OC(C)=O. The minimum absolute atomic E-state index is 0.287. The third kappa shape index (κ3) is 4.96. The van der Waals surface area contributed by atoms with Crippen LogP contribution in [0.2, 0.25) is 0 Å². The van der Waals surface area contributed by atoms with E-state index in [0.717, 1.165) is 5.56 Å². The molecular formula is C17H22O6. The quantitative estimate of drug-likeness (QED) is 0.793. The average molecular weight is 322 g/mol. The lowest BCUT2D eigenvalue weighted by Gasteiger charge is -2.38. The van der Waals surface area contributed by atoms with Crippen molar-refractivity contribution in [1.29, 1.82) is 0 Å². The van der Waals surface area contributed by atoms with Crippen LogP contribution < -0.4 is 4.74 Å². The van der Waals surface area contributed by atoms with Crippen LogP contribution in [0.15, 0.2) is 24.3 Å². The molecule has 0 saturated carbocycles. The highest BCUT2D eigenvalue weighted by Crippen LogP contribution is 2.27. The molecule has 1 saturated heterocycles. The Balaban J connectivity index is 2.07. The molecule has 6 heteroatoms. The van der Waals surface area contributed by atoms with E-state index < -0.39 is 36.5 Å². The van der Waals surface area contributed by atoms with Crippen LogP contribution in [-0.2, 0) is 23.8 Å². The van der Waals surface area contributed by atoms with Crippen molar-refractivity contribution in [3.63, 3.8) is 0 Å². The molecule has 126 valence electrons. The van der Waals surface area contributed by atoms with Gasteiger partial charge in [-0.1, -0.05) is 17.7 Å². The van der Waals surface area contributed by atoms with Gasteiger partial charge in [0, 0.05) is 13.8 Å². The van der Waals surface area contributed by atoms with Gasteiger partial charge in [0.15, 0.2) is 6.10 Å². The number of benzene rings is 1. The normalized spacial score (nSPS) is 27.1.